The van der Waals surface area contributed by atoms with Crippen molar-refractivity contribution in [3.63, 3.8) is 0 Å². The molecular formula is C29H31F5N4O2S. The second-order valence-electron chi connectivity index (χ2n) is 11.5. The van der Waals surface area contributed by atoms with Gasteiger partial charge in [0, 0.05) is 43.8 Å². The number of ether oxygens (including phenoxy) is 1. The zero-order valence-corrected chi connectivity index (χ0v) is 23.7. The molecule has 2 aliphatic rings. The lowest BCUT2D eigenvalue weighted by Gasteiger charge is -2.39. The number of likely N-dealkylation sites (tertiary alicyclic amines) is 1. The van der Waals surface area contributed by atoms with Crippen molar-refractivity contribution in [3.8, 4) is 0 Å². The van der Waals surface area contributed by atoms with Crippen molar-refractivity contribution in [2.75, 3.05) is 13.1 Å². The number of alkyl halides is 3. The summed E-state index contributed by atoms with van der Waals surface area (Å²) in [5, 5.41) is 0. The lowest BCUT2D eigenvalue weighted by molar-refractivity contribution is -0.182. The van der Waals surface area contributed by atoms with Gasteiger partial charge in [-0.2, -0.15) is 13.2 Å². The van der Waals surface area contributed by atoms with Crippen molar-refractivity contribution in [2.24, 2.45) is 0 Å². The van der Waals surface area contributed by atoms with E-state index in [-0.39, 0.29) is 5.60 Å². The van der Waals surface area contributed by atoms with E-state index < -0.39 is 50.3 Å². The number of benzene rings is 1. The number of nitrogens with one attached hydrogen (secondary N) is 1. The minimum absolute atomic E-state index is 0.368. The molecule has 3 aromatic rings. The Bertz CT molecular complexity index is 1440. The van der Waals surface area contributed by atoms with Gasteiger partial charge in [-0.05, 0) is 74.6 Å². The summed E-state index contributed by atoms with van der Waals surface area (Å²) in [5.41, 5.74) is -1.77. The van der Waals surface area contributed by atoms with Crippen molar-refractivity contribution < 1.29 is 30.9 Å². The van der Waals surface area contributed by atoms with Crippen molar-refractivity contribution in [1.82, 2.24) is 19.6 Å². The molecule has 0 aliphatic carbocycles. The van der Waals surface area contributed by atoms with E-state index in [1.165, 1.54) is 39.1 Å². The maximum absolute atomic E-state index is 15.0. The predicted molar refractivity (Wildman–Crippen MR) is 144 cm³/mol. The number of nitrogens with zero attached hydrogens (tertiary/aromatic N) is 3. The number of fused-ring (bicyclic) bond motifs is 2. The van der Waals surface area contributed by atoms with Crippen LogP contribution in [0.25, 0.3) is 0 Å². The number of piperidine rings is 1. The van der Waals surface area contributed by atoms with Crippen molar-refractivity contribution >= 4 is 11.0 Å². The number of halogens is 5. The van der Waals surface area contributed by atoms with Gasteiger partial charge < -0.3 is 4.74 Å². The van der Waals surface area contributed by atoms with E-state index in [9.17, 15) is 26.2 Å². The molecule has 1 spiro atoms. The van der Waals surface area contributed by atoms with E-state index in [1.807, 2.05) is 12.3 Å². The molecule has 5 rings (SSSR count). The van der Waals surface area contributed by atoms with Crippen LogP contribution >= 0.6 is 0 Å². The Morgan fingerprint density at radius 3 is 2.37 bits per heavy atom. The van der Waals surface area contributed by atoms with Gasteiger partial charge in [0.2, 0.25) is 0 Å². The molecule has 2 atom stereocenters. The molecule has 0 amide bonds. The highest BCUT2D eigenvalue weighted by Crippen LogP contribution is 2.46. The predicted octanol–water partition coefficient (Wildman–Crippen LogP) is 5.63. The van der Waals surface area contributed by atoms with E-state index in [4.69, 9.17) is 4.74 Å². The number of hydrogen-bond acceptors (Lipinski definition) is 5. The average molecular weight is 595 g/mol. The first kappa shape index (κ1) is 29.7. The Morgan fingerprint density at radius 2 is 1.76 bits per heavy atom. The van der Waals surface area contributed by atoms with Crippen LogP contribution < -0.4 is 4.72 Å². The molecule has 1 fully saturated rings. The highest BCUT2D eigenvalue weighted by atomic mass is 32.2. The van der Waals surface area contributed by atoms with Gasteiger partial charge in [-0.15, -0.1) is 0 Å². The molecule has 1 aromatic carbocycles. The fourth-order valence-electron chi connectivity index (χ4n) is 5.38. The molecule has 12 heteroatoms. The first-order valence-electron chi connectivity index (χ1n) is 13.2. The van der Waals surface area contributed by atoms with Crippen LogP contribution in [0, 0.1) is 11.6 Å². The smallest absolute Gasteiger partial charge is 0.365 e. The summed E-state index contributed by atoms with van der Waals surface area (Å²) >= 11 is 0. The summed E-state index contributed by atoms with van der Waals surface area (Å²) in [5.74, 6) is -2.75. The summed E-state index contributed by atoms with van der Waals surface area (Å²) in [6, 6.07) is 6.61. The first-order valence-corrected chi connectivity index (χ1v) is 14.4. The van der Waals surface area contributed by atoms with Crippen LogP contribution in [-0.4, -0.2) is 43.1 Å². The molecule has 0 bridgehead atoms. The van der Waals surface area contributed by atoms with Crippen LogP contribution in [0.1, 0.15) is 61.6 Å². The average Bonchev–Trinajstić information content (AvgIpc) is 3.27. The molecule has 4 heterocycles. The summed E-state index contributed by atoms with van der Waals surface area (Å²) < 4.78 is 93.2. The van der Waals surface area contributed by atoms with E-state index in [0.29, 0.717) is 43.9 Å². The standard InChI is InChI=1S/C29H31F5N4O2S/c1-26(2,3)41(39)37-28(29(32,33)34,21-5-6-23(30)24(31)14-21)25-7-4-19(15-36-25)17-38-12-9-27(10-13-38)22-16-35-11-8-20(22)18-40-27/h4-8,11,14-16,37H,9-10,12-13,17-18H2,1-3H3/t28-,41+/m1/s1. The zero-order valence-electron chi connectivity index (χ0n) is 22.9. The number of rotatable bonds is 6. The summed E-state index contributed by atoms with van der Waals surface area (Å²) in [6.45, 7) is 6.95. The Kier molecular flexibility index (Phi) is 7.82. The maximum Gasteiger partial charge on any atom is 0.417 e. The Hall–Kier alpha value is -2.80. The van der Waals surface area contributed by atoms with Gasteiger partial charge in [0.1, 0.15) is 0 Å². The van der Waals surface area contributed by atoms with E-state index in [1.54, 1.807) is 6.20 Å². The monoisotopic (exact) mass is 594 g/mol. The van der Waals surface area contributed by atoms with E-state index >= 15 is 0 Å². The van der Waals surface area contributed by atoms with Gasteiger partial charge in [-0.1, -0.05) is 12.1 Å². The van der Waals surface area contributed by atoms with Crippen molar-refractivity contribution in [1.29, 1.82) is 0 Å². The second-order valence-corrected chi connectivity index (χ2v) is 13.5. The Labute approximate surface area is 237 Å². The topological polar surface area (TPSA) is 67.4 Å². The summed E-state index contributed by atoms with van der Waals surface area (Å²) in [6.07, 6.45) is 1.36. The van der Waals surface area contributed by atoms with Crippen LogP contribution in [-0.2, 0) is 40.0 Å². The third kappa shape index (κ3) is 5.54. The number of aromatic nitrogens is 2. The molecule has 220 valence electrons. The number of hydrogen-bond donors (Lipinski definition) is 1. The molecule has 1 N–H and O–H groups in total. The maximum atomic E-state index is 15.0. The van der Waals surface area contributed by atoms with E-state index in [0.717, 1.165) is 30.0 Å². The van der Waals surface area contributed by atoms with Gasteiger partial charge in [-0.25, -0.2) is 17.7 Å². The zero-order chi connectivity index (χ0) is 29.6. The fourth-order valence-corrected chi connectivity index (χ4v) is 6.31. The van der Waals surface area contributed by atoms with Gasteiger partial charge in [-0.3, -0.25) is 14.9 Å². The molecule has 0 saturated carbocycles. The van der Waals surface area contributed by atoms with Crippen LogP contribution in [0.15, 0.2) is 55.0 Å². The molecule has 2 aromatic heterocycles. The van der Waals surface area contributed by atoms with Gasteiger partial charge >= 0.3 is 6.18 Å². The Balaban J connectivity index is 1.41. The summed E-state index contributed by atoms with van der Waals surface area (Å²) in [7, 11) is -2.25. The lowest BCUT2D eigenvalue weighted by Crippen LogP contribution is -2.58. The van der Waals surface area contributed by atoms with Crippen molar-refractivity contribution in [3.05, 3.63) is 94.6 Å². The van der Waals surface area contributed by atoms with Crippen molar-refractivity contribution in [2.45, 2.75) is 68.8 Å². The van der Waals surface area contributed by atoms with Crippen LogP contribution in [0.2, 0.25) is 0 Å². The molecule has 0 unspecified atom stereocenters. The minimum atomic E-state index is -5.11. The van der Waals surface area contributed by atoms with Gasteiger partial charge in [0.25, 0.3) is 0 Å². The molecule has 6 nitrogen and oxygen atoms in total. The third-order valence-electron chi connectivity index (χ3n) is 7.76. The van der Waals surface area contributed by atoms with Crippen LogP contribution in [0.5, 0.6) is 0 Å². The summed E-state index contributed by atoms with van der Waals surface area (Å²) in [4.78, 5) is 10.6. The SMILES string of the molecule is CC(C)(C)[S@](=O)N[C@](c1ccc(F)c(F)c1)(c1ccc(CN2CCC3(CC2)OCc2ccncc23)cn1)C(F)(F)F. The quantitative estimate of drug-likeness (QED) is 0.375. The molecule has 0 radical (unpaired) electrons. The van der Waals surface area contributed by atoms with Gasteiger partial charge in [0.05, 0.1) is 33.6 Å². The lowest BCUT2D eigenvalue weighted by atomic mass is 9.84. The van der Waals surface area contributed by atoms with Crippen LogP contribution in [0.4, 0.5) is 22.0 Å². The number of pyridine rings is 2. The van der Waals surface area contributed by atoms with Crippen LogP contribution in [0.3, 0.4) is 0 Å². The normalized spacial score (nSPS) is 19.6. The molecule has 1 saturated heterocycles. The molecule has 2 aliphatic heterocycles. The van der Waals surface area contributed by atoms with Gasteiger partial charge in [0.15, 0.2) is 17.2 Å². The van der Waals surface area contributed by atoms with E-state index in [2.05, 4.69) is 19.6 Å². The minimum Gasteiger partial charge on any atom is -0.365 e. The first-order chi connectivity index (χ1) is 19.2. The molecular weight excluding hydrogens is 563 g/mol. The highest BCUT2D eigenvalue weighted by Gasteiger charge is 2.60. The largest absolute Gasteiger partial charge is 0.417 e. The second kappa shape index (κ2) is 10.8. The Morgan fingerprint density at radius 1 is 1.02 bits per heavy atom. The highest BCUT2D eigenvalue weighted by molar-refractivity contribution is 7.84. The molecule has 41 heavy (non-hydrogen) atoms. The fraction of sp³-hybridized carbons (Fsp3) is 0.448. The third-order valence-corrected chi connectivity index (χ3v) is 9.37.